The highest BCUT2D eigenvalue weighted by atomic mass is 16.6. The molecule has 0 unspecified atom stereocenters. The zero-order chi connectivity index (χ0) is 5.82. The lowest BCUT2D eigenvalue weighted by atomic mass is 10.7. The lowest BCUT2D eigenvalue weighted by molar-refractivity contribution is 0.318. The Bertz CT molecular complexity index is 159. The smallest absolute Gasteiger partial charge is 0.317 e. The predicted octanol–water partition coefficient (Wildman–Crippen LogP) is 0.660. The van der Waals surface area contributed by atoms with Gasteiger partial charge in [-0.15, -0.1) is 0 Å². The molecule has 1 aromatic rings. The minimum atomic E-state index is 0.236. The summed E-state index contributed by atoms with van der Waals surface area (Å²) in [5.74, 6) is 0.236. The molecule has 0 saturated heterocycles. The third kappa shape index (κ3) is 0.841. The van der Waals surface area contributed by atoms with Crippen LogP contribution in [-0.4, -0.2) is 11.6 Å². The molecule has 0 fully saturated rings. The van der Waals surface area contributed by atoms with Crippen molar-refractivity contribution in [1.82, 2.24) is 5.16 Å². The van der Waals surface area contributed by atoms with E-state index in [1.165, 1.54) is 12.3 Å². The molecule has 0 aliphatic carbocycles. The van der Waals surface area contributed by atoms with Crippen LogP contribution in [0, 0.1) is 5.41 Å². The largest absolute Gasteiger partial charge is 0.413 e. The first-order valence-corrected chi connectivity index (χ1v) is 2.00. The van der Waals surface area contributed by atoms with Crippen LogP contribution in [-0.2, 0) is 0 Å². The summed E-state index contributed by atoms with van der Waals surface area (Å²) in [6.07, 6.45) is 2.22. The molecule has 0 aliphatic rings. The van der Waals surface area contributed by atoms with E-state index in [4.69, 9.17) is 5.41 Å². The molecule has 0 atom stereocenters. The minimum absolute atomic E-state index is 0.236. The van der Waals surface area contributed by atoms with E-state index < -0.39 is 0 Å². The average molecular weight is 112 g/mol. The maximum atomic E-state index is 6.44. The van der Waals surface area contributed by atoms with E-state index in [0.717, 1.165) is 6.40 Å². The highest BCUT2D eigenvalue weighted by Gasteiger charge is 1.89. The number of aromatic nitrogens is 1. The molecular weight excluding hydrogens is 108 g/mol. The first-order valence-electron chi connectivity index (χ1n) is 2.00. The maximum Gasteiger partial charge on any atom is 0.317 e. The van der Waals surface area contributed by atoms with Crippen LogP contribution >= 0.6 is 0 Å². The lowest BCUT2D eigenvalue weighted by Crippen LogP contribution is -1.83. The Morgan fingerprint density at radius 2 is 2.75 bits per heavy atom. The predicted molar refractivity (Wildman–Crippen MR) is 25.9 cm³/mol. The summed E-state index contributed by atoms with van der Waals surface area (Å²) in [6.45, 7) is 0. The maximum absolute atomic E-state index is 6.44. The first kappa shape index (κ1) is 4.83. The second-order valence-corrected chi connectivity index (χ2v) is 1.07. The SMILES string of the molecule is N=COc1ccno1. The summed E-state index contributed by atoms with van der Waals surface area (Å²) in [6, 6.07) is 1.52. The van der Waals surface area contributed by atoms with Crippen LogP contribution < -0.4 is 4.74 Å². The zero-order valence-electron chi connectivity index (χ0n) is 4.00. The van der Waals surface area contributed by atoms with Crippen LogP contribution in [0.1, 0.15) is 0 Å². The number of ether oxygens (including phenoxy) is 1. The van der Waals surface area contributed by atoms with Crippen molar-refractivity contribution in [2.45, 2.75) is 0 Å². The summed E-state index contributed by atoms with van der Waals surface area (Å²) in [5, 5.41) is 9.78. The fourth-order valence-electron chi connectivity index (χ4n) is 0.323. The standard InChI is InChI=1S/C4H4N2O2/c5-3-7-4-1-2-6-8-4/h1-3,5H. The fraction of sp³-hybridized carbons (Fsp3) is 0. The highest BCUT2D eigenvalue weighted by Crippen LogP contribution is 2.04. The molecule has 42 valence electrons. The molecule has 0 spiro atoms. The summed E-state index contributed by atoms with van der Waals surface area (Å²) >= 11 is 0. The van der Waals surface area contributed by atoms with Crippen LogP contribution in [0.4, 0.5) is 0 Å². The zero-order valence-corrected chi connectivity index (χ0v) is 4.00. The van der Waals surface area contributed by atoms with Gasteiger partial charge in [-0.1, -0.05) is 5.16 Å². The topological polar surface area (TPSA) is 59.1 Å². The summed E-state index contributed by atoms with van der Waals surface area (Å²) in [5.41, 5.74) is 0. The minimum Gasteiger partial charge on any atom is -0.413 e. The Hall–Kier alpha value is -1.32. The van der Waals surface area contributed by atoms with E-state index in [0.29, 0.717) is 0 Å². The van der Waals surface area contributed by atoms with Crippen molar-refractivity contribution >= 4 is 6.40 Å². The third-order valence-corrected chi connectivity index (χ3v) is 0.589. The molecule has 1 heterocycles. The van der Waals surface area contributed by atoms with E-state index in [1.54, 1.807) is 0 Å². The van der Waals surface area contributed by atoms with Crippen molar-refractivity contribution in [3.8, 4) is 5.95 Å². The van der Waals surface area contributed by atoms with Gasteiger partial charge >= 0.3 is 5.95 Å². The van der Waals surface area contributed by atoms with Crippen LogP contribution in [0.15, 0.2) is 16.8 Å². The van der Waals surface area contributed by atoms with Crippen LogP contribution in [0.25, 0.3) is 0 Å². The molecule has 0 aromatic carbocycles. The molecule has 0 bridgehead atoms. The van der Waals surface area contributed by atoms with E-state index >= 15 is 0 Å². The normalized spacial score (nSPS) is 8.50. The molecular formula is C4H4N2O2. The van der Waals surface area contributed by atoms with Gasteiger partial charge < -0.3 is 9.26 Å². The summed E-state index contributed by atoms with van der Waals surface area (Å²) in [4.78, 5) is 0. The number of nitrogens with one attached hydrogen (secondary N) is 1. The molecule has 1 N–H and O–H groups in total. The summed E-state index contributed by atoms with van der Waals surface area (Å²) in [7, 11) is 0. The molecule has 0 radical (unpaired) electrons. The quantitative estimate of drug-likeness (QED) is 0.451. The van der Waals surface area contributed by atoms with Crippen LogP contribution in [0.5, 0.6) is 5.95 Å². The highest BCUT2D eigenvalue weighted by molar-refractivity contribution is 5.45. The Morgan fingerprint density at radius 1 is 1.88 bits per heavy atom. The Kier molecular flexibility index (Phi) is 1.27. The number of hydrogen-bond donors (Lipinski definition) is 1. The number of hydrogen-bond acceptors (Lipinski definition) is 4. The van der Waals surface area contributed by atoms with E-state index in [9.17, 15) is 0 Å². The van der Waals surface area contributed by atoms with Gasteiger partial charge in [-0.05, 0) is 0 Å². The number of rotatable bonds is 2. The van der Waals surface area contributed by atoms with Crippen molar-refractivity contribution in [1.29, 1.82) is 5.41 Å². The van der Waals surface area contributed by atoms with Crippen molar-refractivity contribution < 1.29 is 9.26 Å². The van der Waals surface area contributed by atoms with Gasteiger partial charge in [0, 0.05) is 6.07 Å². The van der Waals surface area contributed by atoms with Gasteiger partial charge in [0.2, 0.25) is 0 Å². The third-order valence-electron chi connectivity index (χ3n) is 0.589. The molecule has 1 rings (SSSR count). The molecule has 0 aliphatic heterocycles. The second-order valence-electron chi connectivity index (χ2n) is 1.07. The van der Waals surface area contributed by atoms with Crippen molar-refractivity contribution in [2.75, 3.05) is 0 Å². The van der Waals surface area contributed by atoms with Gasteiger partial charge in [-0.2, -0.15) is 0 Å². The average Bonchev–Trinajstić information content (AvgIpc) is 2.19. The van der Waals surface area contributed by atoms with E-state index in [1.807, 2.05) is 0 Å². The number of nitrogens with zero attached hydrogens (tertiary/aromatic N) is 1. The van der Waals surface area contributed by atoms with Crippen molar-refractivity contribution in [3.05, 3.63) is 12.3 Å². The van der Waals surface area contributed by atoms with E-state index in [-0.39, 0.29) is 5.95 Å². The Labute approximate surface area is 45.6 Å². The lowest BCUT2D eigenvalue weighted by Gasteiger charge is -1.83. The van der Waals surface area contributed by atoms with Gasteiger partial charge in [0.1, 0.15) is 0 Å². The van der Waals surface area contributed by atoms with Gasteiger partial charge in [0.15, 0.2) is 6.40 Å². The van der Waals surface area contributed by atoms with E-state index in [2.05, 4.69) is 14.4 Å². The molecule has 0 saturated carbocycles. The van der Waals surface area contributed by atoms with Crippen molar-refractivity contribution in [2.24, 2.45) is 0 Å². The first-order chi connectivity index (χ1) is 3.93. The molecule has 4 nitrogen and oxygen atoms in total. The molecule has 1 aromatic heterocycles. The van der Waals surface area contributed by atoms with Gasteiger partial charge in [-0.25, -0.2) is 0 Å². The fourth-order valence-corrected chi connectivity index (χ4v) is 0.323. The Balaban J connectivity index is 2.62. The van der Waals surface area contributed by atoms with Gasteiger partial charge in [0.25, 0.3) is 0 Å². The molecule has 0 amide bonds. The van der Waals surface area contributed by atoms with Gasteiger partial charge in [-0.3, -0.25) is 5.41 Å². The monoisotopic (exact) mass is 112 g/mol. The molecule has 4 heteroatoms. The van der Waals surface area contributed by atoms with Gasteiger partial charge in [0.05, 0.1) is 6.20 Å². The van der Waals surface area contributed by atoms with Crippen molar-refractivity contribution in [3.63, 3.8) is 0 Å². The Morgan fingerprint density at radius 3 is 3.25 bits per heavy atom. The second kappa shape index (κ2) is 2.11. The summed E-state index contributed by atoms with van der Waals surface area (Å²) < 4.78 is 8.91. The van der Waals surface area contributed by atoms with Crippen LogP contribution in [0.3, 0.4) is 0 Å². The van der Waals surface area contributed by atoms with Crippen LogP contribution in [0.2, 0.25) is 0 Å². The molecule has 8 heavy (non-hydrogen) atoms.